The maximum absolute atomic E-state index is 11.3. The van der Waals surface area contributed by atoms with Crippen molar-refractivity contribution in [3.8, 4) is 73.6 Å². The predicted octanol–water partition coefficient (Wildman–Crippen LogP) is 15.5. The third kappa shape index (κ3) is 6.55. The highest BCUT2D eigenvalue weighted by Crippen LogP contribution is 2.42. The van der Waals surface area contributed by atoms with Gasteiger partial charge in [0, 0.05) is 38.2 Å². The lowest BCUT2D eigenvalue weighted by molar-refractivity contribution is 1.09. The summed E-state index contributed by atoms with van der Waals surface area (Å²) in [6, 6.07) is 77.4. The lowest BCUT2D eigenvalue weighted by Crippen LogP contribution is -2.06. The molecule has 12 aromatic rings. The van der Waals surface area contributed by atoms with Gasteiger partial charge in [-0.3, -0.25) is 0 Å². The van der Waals surface area contributed by atoms with E-state index in [-0.39, 0.29) is 0 Å². The van der Waals surface area contributed by atoms with Gasteiger partial charge in [-0.1, -0.05) is 169 Å². The minimum absolute atomic E-state index is 0.475. The van der Waals surface area contributed by atoms with Gasteiger partial charge in [-0.2, -0.15) is 5.26 Å². The fourth-order valence-electron chi connectivity index (χ4n) is 9.61. The van der Waals surface area contributed by atoms with Crippen LogP contribution in [0.25, 0.3) is 111 Å². The first-order chi connectivity index (χ1) is 32.5. The summed E-state index contributed by atoms with van der Waals surface area (Å²) in [6.45, 7) is 4.24. The molecule has 3 heterocycles. The van der Waals surface area contributed by atoms with Crippen molar-refractivity contribution in [2.24, 2.45) is 0 Å². The molecular weight excluding hydrogens is 803 g/mol. The summed E-state index contributed by atoms with van der Waals surface area (Å²) in [7, 11) is 0. The average molecular weight is 844 g/mol. The molecule has 0 aliphatic carbocycles. The minimum Gasteiger partial charge on any atom is -0.307 e. The van der Waals surface area contributed by atoms with Crippen LogP contribution in [-0.2, 0) is 0 Å². The van der Waals surface area contributed by atoms with Crippen molar-refractivity contribution in [2.45, 2.75) is 13.8 Å². The Bertz CT molecular complexity index is 3810. The fraction of sp³-hybridized carbons (Fsp3) is 0.0328. The van der Waals surface area contributed by atoms with Crippen molar-refractivity contribution in [3.05, 3.63) is 229 Å². The highest BCUT2D eigenvalue weighted by molar-refractivity contribution is 6.13. The molecule has 0 atom stereocenters. The summed E-state index contributed by atoms with van der Waals surface area (Å²) in [6.07, 6.45) is 0. The van der Waals surface area contributed by atoms with Crippen LogP contribution in [-0.4, -0.2) is 19.1 Å². The Balaban J connectivity index is 1.18. The number of hydrogen-bond acceptors (Lipinski definition) is 3. The normalized spacial score (nSPS) is 11.5. The maximum atomic E-state index is 11.3. The van der Waals surface area contributed by atoms with E-state index in [0.29, 0.717) is 17.0 Å². The van der Waals surface area contributed by atoms with Crippen LogP contribution < -0.4 is 0 Å². The Morgan fingerprint density at radius 2 is 0.773 bits per heavy atom. The van der Waals surface area contributed by atoms with E-state index in [0.717, 1.165) is 88.6 Å². The summed E-state index contributed by atoms with van der Waals surface area (Å²) in [5.41, 5.74) is 17.7. The van der Waals surface area contributed by atoms with E-state index >= 15 is 0 Å². The molecule has 66 heavy (non-hydrogen) atoms. The first-order valence-electron chi connectivity index (χ1n) is 22.3. The third-order valence-corrected chi connectivity index (χ3v) is 12.9. The molecule has 0 unspecified atom stereocenters. The molecule has 0 saturated carbocycles. The SMILES string of the molecule is Cc1ccc(-c2ccc3c(c2)c2ccccc2n3-c2cc(C#N)c(-c3nc(-c4ccccc4)cc(-c4ccccc4)n3)cc2-n2c3ccccc3c3cc(-c4ccc(C)cc4)ccc32)cc1. The van der Waals surface area contributed by atoms with Crippen LogP contribution in [0.3, 0.4) is 0 Å². The minimum atomic E-state index is 0.475. The standard InChI is InChI=1S/C61H41N5/c1-39-21-25-41(26-22-39)45-29-31-57-51(33-45)48-17-9-11-19-55(48)65(57)59-35-47(38-62)50(61-63-53(43-13-5-3-6-14-43)37-54(64-61)44-15-7-4-8-16-44)36-60(59)66-56-20-12-10-18-49(56)52-34-46(30-32-58(52)66)42-27-23-40(2)24-28-42/h3-37H,1-2H3. The third-order valence-electron chi connectivity index (χ3n) is 12.9. The quantitative estimate of drug-likeness (QED) is 0.161. The van der Waals surface area contributed by atoms with E-state index < -0.39 is 0 Å². The summed E-state index contributed by atoms with van der Waals surface area (Å²) in [5.74, 6) is 0.479. The van der Waals surface area contributed by atoms with Gasteiger partial charge in [-0.25, -0.2) is 9.97 Å². The second kappa shape index (κ2) is 15.7. The highest BCUT2D eigenvalue weighted by Gasteiger charge is 2.24. The summed E-state index contributed by atoms with van der Waals surface area (Å²) in [5, 5.41) is 15.8. The number of aryl methyl sites for hydroxylation is 2. The Morgan fingerprint density at radius 1 is 0.364 bits per heavy atom. The summed E-state index contributed by atoms with van der Waals surface area (Å²) < 4.78 is 4.70. The molecule has 0 aliphatic rings. The van der Waals surface area contributed by atoms with Crippen LogP contribution >= 0.6 is 0 Å². The van der Waals surface area contributed by atoms with Gasteiger partial charge in [0.25, 0.3) is 0 Å². The molecule has 0 fully saturated rings. The summed E-state index contributed by atoms with van der Waals surface area (Å²) in [4.78, 5) is 10.5. The monoisotopic (exact) mass is 843 g/mol. The number of nitriles is 1. The number of para-hydroxylation sites is 2. The topological polar surface area (TPSA) is 59.4 Å². The van der Waals surface area contributed by atoms with Gasteiger partial charge in [0.05, 0.1) is 56.5 Å². The zero-order valence-corrected chi connectivity index (χ0v) is 36.4. The second-order valence-corrected chi connectivity index (χ2v) is 17.1. The molecule has 3 aromatic heterocycles. The van der Waals surface area contributed by atoms with Gasteiger partial charge in [-0.05, 0) is 90.7 Å². The lowest BCUT2D eigenvalue weighted by Gasteiger charge is -2.19. The van der Waals surface area contributed by atoms with Gasteiger partial charge in [0.2, 0.25) is 0 Å². The van der Waals surface area contributed by atoms with Crippen LogP contribution in [0.1, 0.15) is 16.7 Å². The van der Waals surface area contributed by atoms with Gasteiger partial charge in [0.1, 0.15) is 0 Å². The molecule has 0 saturated heterocycles. The molecule has 5 nitrogen and oxygen atoms in total. The van der Waals surface area contributed by atoms with Crippen molar-refractivity contribution in [2.75, 3.05) is 0 Å². The van der Waals surface area contributed by atoms with Gasteiger partial charge in [0.15, 0.2) is 5.82 Å². The van der Waals surface area contributed by atoms with E-state index in [4.69, 9.17) is 9.97 Å². The number of hydrogen-bond donors (Lipinski definition) is 0. The molecule has 0 spiro atoms. The van der Waals surface area contributed by atoms with Crippen LogP contribution in [0.15, 0.2) is 212 Å². The van der Waals surface area contributed by atoms with Gasteiger partial charge >= 0.3 is 0 Å². The van der Waals surface area contributed by atoms with Crippen molar-refractivity contribution >= 4 is 43.6 Å². The molecular formula is C61H41N5. The number of nitrogens with zero attached hydrogens (tertiary/aromatic N) is 5. The van der Waals surface area contributed by atoms with Gasteiger partial charge in [-0.15, -0.1) is 0 Å². The van der Waals surface area contributed by atoms with E-state index in [1.54, 1.807) is 0 Å². The second-order valence-electron chi connectivity index (χ2n) is 17.1. The predicted molar refractivity (Wildman–Crippen MR) is 272 cm³/mol. The van der Waals surface area contributed by atoms with E-state index in [2.05, 4.69) is 193 Å². The highest BCUT2D eigenvalue weighted by atomic mass is 15.1. The molecule has 12 rings (SSSR count). The largest absolute Gasteiger partial charge is 0.307 e. The Hall–Kier alpha value is -8.85. The molecule has 0 bridgehead atoms. The van der Waals surface area contributed by atoms with Crippen molar-refractivity contribution < 1.29 is 0 Å². The Morgan fingerprint density at radius 3 is 1.24 bits per heavy atom. The number of rotatable bonds is 7. The Labute approximate surface area is 382 Å². The van der Waals surface area contributed by atoms with Crippen LogP contribution in [0, 0.1) is 25.2 Å². The van der Waals surface area contributed by atoms with Gasteiger partial charge < -0.3 is 9.13 Å². The van der Waals surface area contributed by atoms with Crippen LogP contribution in [0.4, 0.5) is 0 Å². The average Bonchev–Trinajstić information content (AvgIpc) is 3.89. The van der Waals surface area contributed by atoms with E-state index in [1.807, 2.05) is 48.5 Å². The molecule has 0 amide bonds. The smallest absolute Gasteiger partial charge is 0.161 e. The van der Waals surface area contributed by atoms with E-state index in [1.165, 1.54) is 22.3 Å². The Kier molecular flexibility index (Phi) is 9.25. The molecule has 0 aliphatic heterocycles. The number of benzene rings is 9. The summed E-state index contributed by atoms with van der Waals surface area (Å²) >= 11 is 0. The molecule has 310 valence electrons. The molecule has 0 radical (unpaired) electrons. The first-order valence-corrected chi connectivity index (χ1v) is 22.3. The zero-order chi connectivity index (χ0) is 44.3. The molecule has 0 N–H and O–H groups in total. The van der Waals surface area contributed by atoms with Crippen LogP contribution in [0.2, 0.25) is 0 Å². The fourth-order valence-corrected chi connectivity index (χ4v) is 9.61. The van der Waals surface area contributed by atoms with Crippen molar-refractivity contribution in [1.82, 2.24) is 19.1 Å². The number of fused-ring (bicyclic) bond motifs is 6. The first kappa shape index (κ1) is 38.8. The van der Waals surface area contributed by atoms with Crippen molar-refractivity contribution in [1.29, 1.82) is 5.26 Å². The van der Waals surface area contributed by atoms with Crippen LogP contribution in [0.5, 0.6) is 0 Å². The zero-order valence-electron chi connectivity index (χ0n) is 36.4. The van der Waals surface area contributed by atoms with E-state index in [9.17, 15) is 5.26 Å². The maximum Gasteiger partial charge on any atom is 0.161 e. The number of aromatic nitrogens is 4. The molecule has 9 aromatic carbocycles. The lowest BCUT2D eigenvalue weighted by atomic mass is 10.0. The molecule has 5 heteroatoms. The van der Waals surface area contributed by atoms with Crippen molar-refractivity contribution in [3.63, 3.8) is 0 Å².